The Hall–Kier alpha value is -1.35. The number of carbonyl (C=O) groups excluding carboxylic acids is 1. The Morgan fingerprint density at radius 3 is 2.44 bits per heavy atom. The molecule has 4 fully saturated rings. The second-order valence-electron chi connectivity index (χ2n) is 5.90. The first-order valence-corrected chi connectivity index (χ1v) is 6.91. The van der Waals surface area contributed by atoms with Crippen LogP contribution in [0.3, 0.4) is 0 Å². The molecule has 4 atom stereocenters. The first-order valence-electron chi connectivity index (χ1n) is 6.91. The highest BCUT2D eigenvalue weighted by molar-refractivity contribution is 5.83. The molecule has 1 saturated carbocycles. The van der Waals surface area contributed by atoms with Gasteiger partial charge >= 0.3 is 0 Å². The lowest BCUT2D eigenvalue weighted by molar-refractivity contribution is -0.136. The van der Waals surface area contributed by atoms with Crippen LogP contribution in [0.2, 0.25) is 0 Å². The van der Waals surface area contributed by atoms with Gasteiger partial charge in [0, 0.05) is 31.1 Å². The van der Waals surface area contributed by atoms with Crippen molar-refractivity contribution in [3.05, 3.63) is 35.9 Å². The fourth-order valence-corrected chi connectivity index (χ4v) is 3.46. The van der Waals surface area contributed by atoms with Crippen molar-refractivity contribution in [2.75, 3.05) is 13.1 Å². The summed E-state index contributed by atoms with van der Waals surface area (Å²) in [4.78, 5) is 14.5. The van der Waals surface area contributed by atoms with Crippen molar-refractivity contribution in [1.82, 2.24) is 10.2 Å². The van der Waals surface area contributed by atoms with Crippen molar-refractivity contribution in [2.45, 2.75) is 30.8 Å². The van der Waals surface area contributed by atoms with Crippen molar-refractivity contribution < 1.29 is 4.79 Å². The molecule has 2 unspecified atom stereocenters. The minimum absolute atomic E-state index is 0.255. The third-order valence-electron chi connectivity index (χ3n) is 4.57. The van der Waals surface area contributed by atoms with Gasteiger partial charge < -0.3 is 10.2 Å². The number of rotatable bonds is 2. The number of fused-ring (bicyclic) bond motifs is 2. The number of nitrogens with zero attached hydrogens (tertiary/aromatic N) is 1. The molecule has 1 aromatic rings. The zero-order valence-electron chi connectivity index (χ0n) is 10.4. The Morgan fingerprint density at radius 1 is 1.11 bits per heavy atom. The lowest BCUT2D eigenvalue weighted by Crippen LogP contribution is -2.67. The Kier molecular flexibility index (Phi) is 2.24. The predicted octanol–water partition coefficient (Wildman–Crippen LogP) is 1.36. The van der Waals surface area contributed by atoms with Crippen molar-refractivity contribution in [1.29, 1.82) is 0 Å². The fraction of sp³-hybridized carbons (Fsp3) is 0.533. The van der Waals surface area contributed by atoms with E-state index < -0.39 is 0 Å². The molecule has 4 aliphatic rings. The average molecular weight is 242 g/mol. The van der Waals surface area contributed by atoms with Gasteiger partial charge in [-0.1, -0.05) is 30.3 Å². The summed E-state index contributed by atoms with van der Waals surface area (Å²) in [6.45, 7) is 1.85. The second kappa shape index (κ2) is 3.82. The Morgan fingerprint density at radius 2 is 1.78 bits per heavy atom. The molecule has 94 valence electrons. The van der Waals surface area contributed by atoms with Gasteiger partial charge in [-0.2, -0.15) is 0 Å². The van der Waals surface area contributed by atoms with E-state index in [1.807, 2.05) is 6.07 Å². The molecule has 1 N–H and O–H groups in total. The zero-order chi connectivity index (χ0) is 12.1. The fourth-order valence-electron chi connectivity index (χ4n) is 3.46. The molecule has 3 saturated heterocycles. The summed E-state index contributed by atoms with van der Waals surface area (Å²) in [5, 5.41) is 3.47. The lowest BCUT2D eigenvalue weighted by atomic mass is 9.91. The molecule has 5 rings (SSSR count). The highest BCUT2D eigenvalue weighted by Crippen LogP contribution is 2.48. The lowest BCUT2D eigenvalue weighted by Gasteiger charge is -2.48. The van der Waals surface area contributed by atoms with Gasteiger partial charge in [-0.15, -0.1) is 0 Å². The van der Waals surface area contributed by atoms with Gasteiger partial charge in [0.1, 0.15) is 0 Å². The maximum atomic E-state index is 12.4. The SMILES string of the molecule is O=C([C@@H]1C[C@H]1c1ccccc1)N1CC2CC(C1)N2. The maximum absolute atomic E-state index is 12.4. The smallest absolute Gasteiger partial charge is 0.226 e. The first kappa shape index (κ1) is 10.6. The summed E-state index contributed by atoms with van der Waals surface area (Å²) in [5.74, 6) is 1.12. The number of hydrogen-bond donors (Lipinski definition) is 1. The van der Waals surface area contributed by atoms with Gasteiger partial charge in [0.05, 0.1) is 0 Å². The molecule has 0 aromatic heterocycles. The van der Waals surface area contributed by atoms with E-state index >= 15 is 0 Å². The van der Waals surface area contributed by atoms with Gasteiger partial charge in [-0.05, 0) is 24.3 Å². The summed E-state index contributed by atoms with van der Waals surface area (Å²) in [5.41, 5.74) is 1.33. The van der Waals surface area contributed by atoms with Crippen LogP contribution in [0.5, 0.6) is 0 Å². The van der Waals surface area contributed by atoms with Crippen molar-refractivity contribution in [3.63, 3.8) is 0 Å². The molecular weight excluding hydrogens is 224 g/mol. The molecule has 18 heavy (non-hydrogen) atoms. The third-order valence-corrected chi connectivity index (χ3v) is 4.57. The van der Waals surface area contributed by atoms with Crippen LogP contribution in [0.25, 0.3) is 0 Å². The Bertz CT molecular complexity index is 457. The summed E-state index contributed by atoms with van der Waals surface area (Å²) < 4.78 is 0. The van der Waals surface area contributed by atoms with E-state index in [1.54, 1.807) is 0 Å². The number of carbonyl (C=O) groups is 1. The van der Waals surface area contributed by atoms with Crippen LogP contribution < -0.4 is 5.32 Å². The summed E-state index contributed by atoms with van der Waals surface area (Å²) in [6.07, 6.45) is 2.30. The topological polar surface area (TPSA) is 32.3 Å². The zero-order valence-corrected chi connectivity index (χ0v) is 10.4. The molecule has 1 aliphatic carbocycles. The van der Waals surface area contributed by atoms with Crippen LogP contribution in [0, 0.1) is 5.92 Å². The molecular formula is C15H18N2O. The number of piperidine rings is 1. The Balaban J connectivity index is 1.42. The molecule has 3 nitrogen and oxygen atoms in total. The Labute approximate surface area is 107 Å². The molecule has 0 spiro atoms. The summed E-state index contributed by atoms with van der Waals surface area (Å²) in [6, 6.07) is 11.6. The largest absolute Gasteiger partial charge is 0.339 e. The third kappa shape index (κ3) is 1.65. The van der Waals surface area contributed by atoms with E-state index in [0.29, 0.717) is 23.9 Å². The van der Waals surface area contributed by atoms with Crippen molar-refractivity contribution in [3.8, 4) is 0 Å². The summed E-state index contributed by atoms with van der Waals surface area (Å²) >= 11 is 0. The maximum Gasteiger partial charge on any atom is 0.226 e. The van der Waals surface area contributed by atoms with Crippen LogP contribution in [0.15, 0.2) is 30.3 Å². The van der Waals surface area contributed by atoms with E-state index in [2.05, 4.69) is 34.5 Å². The van der Waals surface area contributed by atoms with Crippen LogP contribution in [-0.2, 0) is 4.79 Å². The summed E-state index contributed by atoms with van der Waals surface area (Å²) in [7, 11) is 0. The molecule has 3 heteroatoms. The van der Waals surface area contributed by atoms with Gasteiger partial charge in [0.25, 0.3) is 0 Å². The quantitative estimate of drug-likeness (QED) is 0.849. The molecule has 3 aliphatic heterocycles. The standard InChI is InChI=1S/C15H18N2O/c18-15(17-8-11-6-12(9-17)16-11)14-7-13(14)10-4-2-1-3-5-10/h1-5,11-14,16H,6-9H2/t11?,12?,13-,14+/m0/s1. The molecule has 3 heterocycles. The van der Waals surface area contributed by atoms with Gasteiger partial charge in [-0.3, -0.25) is 4.79 Å². The van der Waals surface area contributed by atoms with E-state index in [4.69, 9.17) is 0 Å². The molecule has 1 amide bonds. The number of nitrogens with one attached hydrogen (secondary N) is 1. The van der Waals surface area contributed by atoms with E-state index in [0.717, 1.165) is 19.5 Å². The van der Waals surface area contributed by atoms with E-state index in [1.165, 1.54) is 12.0 Å². The van der Waals surface area contributed by atoms with Crippen LogP contribution in [0.1, 0.15) is 24.3 Å². The van der Waals surface area contributed by atoms with E-state index in [9.17, 15) is 4.79 Å². The second-order valence-corrected chi connectivity index (χ2v) is 5.90. The molecule has 0 radical (unpaired) electrons. The monoisotopic (exact) mass is 242 g/mol. The number of hydrogen-bond acceptors (Lipinski definition) is 2. The number of amides is 1. The van der Waals surface area contributed by atoms with Crippen LogP contribution in [-0.4, -0.2) is 36.0 Å². The number of piperazine rings is 1. The average Bonchev–Trinajstić information content (AvgIpc) is 3.18. The van der Waals surface area contributed by atoms with Crippen LogP contribution >= 0.6 is 0 Å². The van der Waals surface area contributed by atoms with Crippen molar-refractivity contribution >= 4 is 5.91 Å². The minimum Gasteiger partial charge on any atom is -0.339 e. The van der Waals surface area contributed by atoms with Gasteiger partial charge in [-0.25, -0.2) is 0 Å². The minimum atomic E-state index is 0.255. The van der Waals surface area contributed by atoms with Gasteiger partial charge in [0.15, 0.2) is 0 Å². The molecule has 2 bridgehead atoms. The number of benzene rings is 1. The van der Waals surface area contributed by atoms with Crippen LogP contribution in [0.4, 0.5) is 0 Å². The molecule has 1 aromatic carbocycles. The van der Waals surface area contributed by atoms with Gasteiger partial charge in [0.2, 0.25) is 5.91 Å². The highest BCUT2D eigenvalue weighted by atomic mass is 16.2. The highest BCUT2D eigenvalue weighted by Gasteiger charge is 2.48. The normalized spacial score (nSPS) is 37.0. The van der Waals surface area contributed by atoms with E-state index in [-0.39, 0.29) is 5.92 Å². The predicted molar refractivity (Wildman–Crippen MR) is 69.2 cm³/mol. The van der Waals surface area contributed by atoms with Crippen molar-refractivity contribution in [2.24, 2.45) is 5.92 Å². The first-order chi connectivity index (χ1) is 8.81.